The van der Waals surface area contributed by atoms with Gasteiger partial charge in [0.25, 0.3) is 0 Å². The zero-order chi connectivity index (χ0) is 8.10. The Morgan fingerprint density at radius 2 is 2.00 bits per heavy atom. The molecule has 1 aromatic rings. The number of anilines is 1. The fourth-order valence-electron chi connectivity index (χ4n) is 0.752. The summed E-state index contributed by atoms with van der Waals surface area (Å²) in [6.45, 7) is 2.55. The first-order valence-electron chi connectivity index (χ1n) is 3.51. The van der Waals surface area contributed by atoms with Gasteiger partial charge in [0.2, 0.25) is 0 Å². The number of hydrogen-bond acceptors (Lipinski definition) is 3. The van der Waals surface area contributed by atoms with E-state index in [0.717, 1.165) is 5.69 Å². The minimum atomic E-state index is 0.623. The summed E-state index contributed by atoms with van der Waals surface area (Å²) in [6.07, 6.45) is 0. The Bertz CT molecular complexity index is 203. The molecule has 0 spiro atoms. The smallest absolute Gasteiger partial charge is 0.0763 e. The molecule has 0 saturated heterocycles. The van der Waals surface area contributed by atoms with E-state index in [1.807, 2.05) is 37.3 Å². The van der Waals surface area contributed by atoms with Crippen LogP contribution >= 0.6 is 12.8 Å². The summed E-state index contributed by atoms with van der Waals surface area (Å²) in [4.78, 5) is 5.13. The van der Waals surface area contributed by atoms with Crippen molar-refractivity contribution in [1.29, 1.82) is 0 Å². The first kappa shape index (κ1) is 8.43. The molecule has 60 valence electrons. The van der Waals surface area contributed by atoms with Crippen molar-refractivity contribution < 1.29 is 4.84 Å². The van der Waals surface area contributed by atoms with Crippen LogP contribution in [0.4, 0.5) is 5.69 Å². The van der Waals surface area contributed by atoms with Crippen molar-refractivity contribution in [2.45, 2.75) is 6.92 Å². The molecule has 0 aliphatic carbocycles. The predicted octanol–water partition coefficient (Wildman–Crippen LogP) is 2.29. The molecule has 2 nitrogen and oxygen atoms in total. The van der Waals surface area contributed by atoms with Gasteiger partial charge in [0, 0.05) is 0 Å². The van der Waals surface area contributed by atoms with Gasteiger partial charge in [-0.1, -0.05) is 18.2 Å². The Morgan fingerprint density at radius 3 is 2.55 bits per heavy atom. The third kappa shape index (κ3) is 2.44. The van der Waals surface area contributed by atoms with Crippen LogP contribution in [0.25, 0.3) is 0 Å². The summed E-state index contributed by atoms with van der Waals surface area (Å²) >= 11 is 4.11. The van der Waals surface area contributed by atoms with Crippen molar-refractivity contribution in [3.8, 4) is 0 Å². The second kappa shape index (κ2) is 4.26. The van der Waals surface area contributed by atoms with Crippen LogP contribution in [0.15, 0.2) is 30.3 Å². The van der Waals surface area contributed by atoms with Crippen molar-refractivity contribution >= 4 is 18.5 Å². The first-order chi connectivity index (χ1) is 5.34. The molecule has 1 rings (SSSR count). The standard InChI is InChI=1S/C8H11NOS/c1-2-10-9(11)8-6-4-3-5-7-8/h3-7,11H,2H2,1H3. The average molecular weight is 169 g/mol. The Kier molecular flexibility index (Phi) is 3.26. The number of benzene rings is 1. The molecule has 0 bridgehead atoms. The largest absolute Gasteiger partial charge is 0.263 e. The highest BCUT2D eigenvalue weighted by molar-refractivity contribution is 7.81. The van der Waals surface area contributed by atoms with E-state index < -0.39 is 0 Å². The summed E-state index contributed by atoms with van der Waals surface area (Å²) in [7, 11) is 0. The van der Waals surface area contributed by atoms with E-state index in [9.17, 15) is 0 Å². The van der Waals surface area contributed by atoms with E-state index in [1.54, 1.807) is 0 Å². The average Bonchev–Trinajstić information content (AvgIpc) is 2.07. The highest BCUT2D eigenvalue weighted by atomic mass is 32.1. The fraction of sp³-hybridized carbons (Fsp3) is 0.250. The van der Waals surface area contributed by atoms with Gasteiger partial charge < -0.3 is 0 Å². The van der Waals surface area contributed by atoms with Crippen molar-refractivity contribution in [2.75, 3.05) is 11.1 Å². The second-order valence-electron chi connectivity index (χ2n) is 2.03. The lowest BCUT2D eigenvalue weighted by molar-refractivity contribution is 0.171. The van der Waals surface area contributed by atoms with Crippen molar-refractivity contribution in [3.05, 3.63) is 30.3 Å². The lowest BCUT2D eigenvalue weighted by Gasteiger charge is -2.14. The number of para-hydroxylation sites is 1. The molecule has 0 atom stereocenters. The van der Waals surface area contributed by atoms with Crippen LogP contribution in [0.1, 0.15) is 6.92 Å². The SMILES string of the molecule is CCON(S)c1ccccc1. The van der Waals surface area contributed by atoms with Crippen LogP contribution < -0.4 is 4.47 Å². The van der Waals surface area contributed by atoms with Gasteiger partial charge in [-0.05, 0) is 31.9 Å². The van der Waals surface area contributed by atoms with Gasteiger partial charge in [0.1, 0.15) is 0 Å². The van der Waals surface area contributed by atoms with E-state index in [2.05, 4.69) is 12.8 Å². The molecule has 3 heteroatoms. The molecule has 0 aliphatic rings. The first-order valence-corrected chi connectivity index (χ1v) is 3.91. The lowest BCUT2D eigenvalue weighted by atomic mass is 10.3. The van der Waals surface area contributed by atoms with Gasteiger partial charge in [-0.25, -0.2) is 0 Å². The molecule has 0 amide bonds. The molecule has 0 saturated carbocycles. The van der Waals surface area contributed by atoms with Crippen molar-refractivity contribution in [3.63, 3.8) is 0 Å². The van der Waals surface area contributed by atoms with Gasteiger partial charge in [0.05, 0.1) is 12.3 Å². The highest BCUT2D eigenvalue weighted by Crippen LogP contribution is 2.14. The minimum Gasteiger partial charge on any atom is -0.263 e. The molecular formula is C8H11NOS. The highest BCUT2D eigenvalue weighted by Gasteiger charge is 1.97. The number of thiol groups is 1. The summed E-state index contributed by atoms with van der Waals surface area (Å²) in [5, 5.41) is 0. The molecule has 0 unspecified atom stereocenters. The molecule has 11 heavy (non-hydrogen) atoms. The quantitative estimate of drug-likeness (QED) is 0.550. The van der Waals surface area contributed by atoms with Gasteiger partial charge in [0.15, 0.2) is 0 Å². The number of nitrogens with zero attached hydrogens (tertiary/aromatic N) is 1. The predicted molar refractivity (Wildman–Crippen MR) is 49.5 cm³/mol. The maximum absolute atomic E-state index is 5.13. The van der Waals surface area contributed by atoms with Crippen LogP contribution in [0.3, 0.4) is 0 Å². The van der Waals surface area contributed by atoms with Crippen LogP contribution in [0.2, 0.25) is 0 Å². The van der Waals surface area contributed by atoms with Gasteiger partial charge in [-0.2, -0.15) is 4.47 Å². The van der Waals surface area contributed by atoms with Gasteiger partial charge in [-0.15, -0.1) is 0 Å². The normalized spacial score (nSPS) is 9.64. The van der Waals surface area contributed by atoms with Crippen LogP contribution in [-0.2, 0) is 4.84 Å². The zero-order valence-corrected chi connectivity index (χ0v) is 7.29. The fourth-order valence-corrected chi connectivity index (χ4v) is 1.00. The van der Waals surface area contributed by atoms with Gasteiger partial charge >= 0.3 is 0 Å². The number of rotatable bonds is 3. The molecule has 1 aromatic carbocycles. The monoisotopic (exact) mass is 169 g/mol. The zero-order valence-electron chi connectivity index (χ0n) is 6.40. The number of hydrogen-bond donors (Lipinski definition) is 1. The third-order valence-electron chi connectivity index (χ3n) is 1.23. The van der Waals surface area contributed by atoms with E-state index in [0.29, 0.717) is 6.61 Å². The topological polar surface area (TPSA) is 12.5 Å². The van der Waals surface area contributed by atoms with Crippen molar-refractivity contribution in [2.24, 2.45) is 0 Å². The summed E-state index contributed by atoms with van der Waals surface area (Å²) in [5.41, 5.74) is 0.942. The summed E-state index contributed by atoms with van der Waals surface area (Å²) < 4.78 is 1.46. The lowest BCUT2D eigenvalue weighted by Crippen LogP contribution is -2.10. The Hall–Kier alpha value is -0.670. The molecule has 0 heterocycles. The summed E-state index contributed by atoms with van der Waals surface area (Å²) in [6, 6.07) is 9.71. The molecular weight excluding hydrogens is 158 g/mol. The maximum Gasteiger partial charge on any atom is 0.0763 e. The molecule has 0 aromatic heterocycles. The summed E-state index contributed by atoms with van der Waals surface area (Å²) in [5.74, 6) is 0. The minimum absolute atomic E-state index is 0.623. The molecule has 0 aliphatic heterocycles. The Labute approximate surface area is 72.3 Å². The Morgan fingerprint density at radius 1 is 1.36 bits per heavy atom. The van der Waals surface area contributed by atoms with Gasteiger partial charge in [-0.3, -0.25) is 4.84 Å². The maximum atomic E-state index is 5.13. The van der Waals surface area contributed by atoms with Crippen LogP contribution in [0, 0.1) is 0 Å². The Balaban J connectivity index is 2.61. The molecule has 0 radical (unpaired) electrons. The van der Waals surface area contributed by atoms with E-state index in [4.69, 9.17) is 4.84 Å². The molecule has 0 fully saturated rings. The van der Waals surface area contributed by atoms with Crippen LogP contribution in [-0.4, -0.2) is 6.61 Å². The van der Waals surface area contributed by atoms with E-state index in [1.165, 1.54) is 4.47 Å². The van der Waals surface area contributed by atoms with E-state index in [-0.39, 0.29) is 0 Å². The van der Waals surface area contributed by atoms with E-state index >= 15 is 0 Å². The van der Waals surface area contributed by atoms with Crippen LogP contribution in [0.5, 0.6) is 0 Å². The second-order valence-corrected chi connectivity index (χ2v) is 2.39. The van der Waals surface area contributed by atoms with Crippen molar-refractivity contribution in [1.82, 2.24) is 0 Å². The molecule has 0 N–H and O–H groups in total. The third-order valence-corrected chi connectivity index (χ3v) is 1.57.